The summed E-state index contributed by atoms with van der Waals surface area (Å²) in [5, 5.41) is 3.39. The van der Waals surface area contributed by atoms with Crippen LogP contribution in [0.3, 0.4) is 0 Å². The number of anilines is 1. The topological polar surface area (TPSA) is 72.2 Å². The van der Waals surface area contributed by atoms with Gasteiger partial charge in [-0.05, 0) is 41.2 Å². The number of nitrogens with two attached hydrogens (primary N) is 1. The summed E-state index contributed by atoms with van der Waals surface area (Å²) in [5.41, 5.74) is 9.57. The number of thiophene rings is 1. The van der Waals surface area contributed by atoms with E-state index in [1.54, 1.807) is 6.07 Å². The first-order valence-electron chi connectivity index (χ1n) is 9.65. The van der Waals surface area contributed by atoms with E-state index >= 15 is 0 Å². The molecule has 2 aromatic carbocycles. The molecular weight excluding hydrogens is 460 g/mol. The first kappa shape index (κ1) is 22.2. The molecule has 2 amide bonds. The summed E-state index contributed by atoms with van der Waals surface area (Å²) in [7, 11) is 0. The third-order valence-corrected chi connectivity index (χ3v) is 6.83. The molecule has 0 atom stereocenters. The lowest BCUT2D eigenvalue weighted by molar-refractivity contribution is 0.100. The molecule has 0 bridgehead atoms. The molecule has 0 aliphatic heterocycles. The third-order valence-electron chi connectivity index (χ3n) is 4.97. The normalized spacial score (nSPS) is 11.4. The van der Waals surface area contributed by atoms with Crippen LogP contribution in [0.2, 0.25) is 0 Å². The second-order valence-electron chi connectivity index (χ2n) is 8.28. The molecule has 0 spiro atoms. The maximum atomic E-state index is 12.9. The van der Waals surface area contributed by atoms with Crippen LogP contribution in [0.5, 0.6) is 0 Å². The smallest absolute Gasteiger partial charge is 0.256 e. The van der Waals surface area contributed by atoms with Crippen LogP contribution in [0.1, 0.15) is 63.1 Å². The second kappa shape index (κ2) is 8.74. The Morgan fingerprint density at radius 1 is 1.10 bits per heavy atom. The van der Waals surface area contributed by atoms with E-state index in [-0.39, 0.29) is 11.3 Å². The molecular formula is C24H25BrN2O2S. The van der Waals surface area contributed by atoms with Gasteiger partial charge in [0.15, 0.2) is 0 Å². The number of primary amides is 1. The Labute approximate surface area is 189 Å². The van der Waals surface area contributed by atoms with Gasteiger partial charge in [0.1, 0.15) is 5.00 Å². The number of rotatable bonds is 5. The zero-order chi connectivity index (χ0) is 22.1. The van der Waals surface area contributed by atoms with Crippen LogP contribution in [0.4, 0.5) is 5.00 Å². The molecule has 156 valence electrons. The van der Waals surface area contributed by atoms with Gasteiger partial charge in [-0.15, -0.1) is 11.3 Å². The fourth-order valence-electron chi connectivity index (χ4n) is 3.34. The molecule has 0 saturated heterocycles. The van der Waals surface area contributed by atoms with Gasteiger partial charge in [-0.2, -0.15) is 0 Å². The first-order chi connectivity index (χ1) is 14.1. The summed E-state index contributed by atoms with van der Waals surface area (Å²) in [6.45, 7) is 8.23. The predicted molar refractivity (Wildman–Crippen MR) is 128 cm³/mol. The molecule has 3 N–H and O–H groups in total. The second-order valence-corrected chi connectivity index (χ2v) is 10.2. The third kappa shape index (κ3) is 4.82. The van der Waals surface area contributed by atoms with Crippen LogP contribution in [-0.4, -0.2) is 11.8 Å². The minimum Gasteiger partial charge on any atom is -0.365 e. The number of nitrogens with one attached hydrogen (secondary N) is 1. The van der Waals surface area contributed by atoms with Gasteiger partial charge in [-0.1, -0.05) is 73.1 Å². The van der Waals surface area contributed by atoms with E-state index in [0.29, 0.717) is 22.5 Å². The quantitative estimate of drug-likeness (QED) is 0.461. The monoisotopic (exact) mass is 484 g/mol. The van der Waals surface area contributed by atoms with Crippen molar-refractivity contribution in [1.29, 1.82) is 0 Å². The molecule has 30 heavy (non-hydrogen) atoms. The standard InChI is InChI=1S/C24H25BrN2O2S/c1-14-19(12-15-8-6-5-7-9-15)30-23(20(14)21(26)28)27-22(29)16-10-11-17(18(25)13-16)24(2,3)4/h5-11,13H,12H2,1-4H3,(H2,26,28)(H,27,29). The molecule has 0 aliphatic rings. The Balaban J connectivity index is 1.90. The lowest BCUT2D eigenvalue weighted by atomic mass is 9.86. The minimum absolute atomic E-state index is 0.0375. The first-order valence-corrected chi connectivity index (χ1v) is 11.3. The number of hydrogen-bond donors (Lipinski definition) is 2. The molecule has 3 rings (SSSR count). The Bertz CT molecular complexity index is 1100. The van der Waals surface area contributed by atoms with E-state index in [9.17, 15) is 9.59 Å². The van der Waals surface area contributed by atoms with E-state index in [1.807, 2.05) is 49.4 Å². The van der Waals surface area contributed by atoms with Gasteiger partial charge in [-0.25, -0.2) is 0 Å². The zero-order valence-electron chi connectivity index (χ0n) is 17.5. The highest BCUT2D eigenvalue weighted by Crippen LogP contribution is 2.35. The summed E-state index contributed by atoms with van der Waals surface area (Å²) < 4.78 is 0.880. The molecule has 1 heterocycles. The highest BCUT2D eigenvalue weighted by Gasteiger charge is 2.23. The van der Waals surface area contributed by atoms with E-state index in [1.165, 1.54) is 11.3 Å². The van der Waals surface area contributed by atoms with Gasteiger partial charge in [-0.3, -0.25) is 9.59 Å². The Kier molecular flexibility index (Phi) is 6.48. The average Bonchev–Trinajstić information content (AvgIpc) is 2.96. The number of benzene rings is 2. The van der Waals surface area contributed by atoms with Crippen molar-refractivity contribution in [3.63, 3.8) is 0 Å². The predicted octanol–water partition coefficient (Wildman–Crippen LogP) is 6.06. The van der Waals surface area contributed by atoms with Gasteiger partial charge in [0, 0.05) is 21.3 Å². The summed E-state index contributed by atoms with van der Waals surface area (Å²) in [4.78, 5) is 26.0. The number of carbonyl (C=O) groups is 2. The lowest BCUT2D eigenvalue weighted by Gasteiger charge is -2.21. The Morgan fingerprint density at radius 3 is 2.33 bits per heavy atom. The molecule has 0 aliphatic carbocycles. The largest absolute Gasteiger partial charge is 0.365 e. The van der Waals surface area contributed by atoms with Crippen molar-refractivity contribution in [2.24, 2.45) is 5.73 Å². The Hall–Kier alpha value is -2.44. The van der Waals surface area contributed by atoms with Crippen molar-refractivity contribution in [2.45, 2.75) is 39.5 Å². The fraction of sp³-hybridized carbons (Fsp3) is 0.250. The van der Waals surface area contributed by atoms with Crippen LogP contribution >= 0.6 is 27.3 Å². The molecule has 1 aromatic heterocycles. The van der Waals surface area contributed by atoms with Crippen LogP contribution in [0.25, 0.3) is 0 Å². The molecule has 0 unspecified atom stereocenters. The van der Waals surface area contributed by atoms with Crippen LogP contribution in [0, 0.1) is 6.92 Å². The molecule has 4 nitrogen and oxygen atoms in total. The van der Waals surface area contributed by atoms with E-state index in [0.717, 1.165) is 26.0 Å². The van der Waals surface area contributed by atoms with Crippen molar-refractivity contribution < 1.29 is 9.59 Å². The van der Waals surface area contributed by atoms with Crippen LogP contribution in [-0.2, 0) is 11.8 Å². The van der Waals surface area contributed by atoms with Crippen molar-refractivity contribution in [3.8, 4) is 0 Å². The summed E-state index contributed by atoms with van der Waals surface area (Å²) in [5.74, 6) is -0.811. The summed E-state index contributed by atoms with van der Waals surface area (Å²) in [6.07, 6.45) is 0.680. The van der Waals surface area contributed by atoms with Crippen LogP contribution < -0.4 is 11.1 Å². The number of hydrogen-bond acceptors (Lipinski definition) is 3. The highest BCUT2D eigenvalue weighted by atomic mass is 79.9. The van der Waals surface area contributed by atoms with Crippen molar-refractivity contribution in [1.82, 2.24) is 0 Å². The van der Waals surface area contributed by atoms with Crippen molar-refractivity contribution in [2.75, 3.05) is 5.32 Å². The van der Waals surface area contributed by atoms with Gasteiger partial charge in [0.2, 0.25) is 0 Å². The van der Waals surface area contributed by atoms with E-state index in [4.69, 9.17) is 5.73 Å². The minimum atomic E-state index is -0.539. The lowest BCUT2D eigenvalue weighted by Crippen LogP contribution is -2.18. The molecule has 0 saturated carbocycles. The maximum absolute atomic E-state index is 12.9. The SMILES string of the molecule is Cc1c(Cc2ccccc2)sc(NC(=O)c2ccc(C(C)(C)C)c(Br)c2)c1C(N)=O. The van der Waals surface area contributed by atoms with E-state index in [2.05, 4.69) is 42.0 Å². The molecule has 0 fully saturated rings. The average molecular weight is 485 g/mol. The van der Waals surface area contributed by atoms with Gasteiger partial charge < -0.3 is 11.1 Å². The van der Waals surface area contributed by atoms with Crippen molar-refractivity contribution in [3.05, 3.63) is 85.7 Å². The highest BCUT2D eigenvalue weighted by molar-refractivity contribution is 9.10. The van der Waals surface area contributed by atoms with Gasteiger partial charge >= 0.3 is 0 Å². The summed E-state index contributed by atoms with van der Waals surface area (Å²) in [6, 6.07) is 15.6. The van der Waals surface area contributed by atoms with Gasteiger partial charge in [0.05, 0.1) is 5.56 Å². The molecule has 6 heteroatoms. The number of halogens is 1. The summed E-state index contributed by atoms with van der Waals surface area (Å²) >= 11 is 4.98. The van der Waals surface area contributed by atoms with Crippen molar-refractivity contribution >= 4 is 44.1 Å². The van der Waals surface area contributed by atoms with E-state index < -0.39 is 5.91 Å². The Morgan fingerprint density at radius 2 is 1.77 bits per heavy atom. The van der Waals surface area contributed by atoms with Crippen LogP contribution in [0.15, 0.2) is 53.0 Å². The zero-order valence-corrected chi connectivity index (χ0v) is 19.9. The maximum Gasteiger partial charge on any atom is 0.256 e. The number of carbonyl (C=O) groups excluding carboxylic acids is 2. The number of amides is 2. The molecule has 0 radical (unpaired) electrons. The van der Waals surface area contributed by atoms with Gasteiger partial charge in [0.25, 0.3) is 11.8 Å². The fourth-order valence-corrected chi connectivity index (χ4v) is 5.55. The molecule has 3 aromatic rings.